The number of fused-ring (bicyclic) bond motifs is 1. The maximum Gasteiger partial charge on any atom is 0.229 e. The monoisotopic (exact) mass is 406 g/mol. The molecule has 2 aliphatic rings. The summed E-state index contributed by atoms with van der Waals surface area (Å²) in [6, 6.07) is 11.1. The zero-order valence-electron chi connectivity index (χ0n) is 16.4. The fraction of sp³-hybridized carbons (Fsp3) is 0.333. The molecule has 30 heavy (non-hydrogen) atoms. The van der Waals surface area contributed by atoms with Crippen LogP contribution in [0.1, 0.15) is 12.8 Å². The predicted molar refractivity (Wildman–Crippen MR) is 110 cm³/mol. The molecule has 9 nitrogen and oxygen atoms in total. The Morgan fingerprint density at radius 2 is 1.90 bits per heavy atom. The molecule has 154 valence electrons. The Morgan fingerprint density at radius 1 is 1.07 bits per heavy atom. The van der Waals surface area contributed by atoms with Gasteiger partial charge in [0.15, 0.2) is 23.1 Å². The van der Waals surface area contributed by atoms with Crippen molar-refractivity contribution in [2.45, 2.75) is 12.8 Å². The van der Waals surface area contributed by atoms with Gasteiger partial charge < -0.3 is 19.7 Å². The molecule has 1 saturated heterocycles. The number of carbonyl (C=O) groups is 1. The van der Waals surface area contributed by atoms with Gasteiger partial charge in [-0.25, -0.2) is 4.68 Å². The Hall–Kier alpha value is -3.62. The molecule has 1 fully saturated rings. The minimum Gasteiger partial charge on any atom is -0.486 e. The maximum atomic E-state index is 12.9. The van der Waals surface area contributed by atoms with E-state index in [1.807, 2.05) is 42.6 Å². The minimum absolute atomic E-state index is 0.00232. The number of carbonyl (C=O) groups excluding carboxylic acids is 1. The number of piperidine rings is 1. The molecule has 1 unspecified atom stereocenters. The van der Waals surface area contributed by atoms with Crippen molar-refractivity contribution in [3.05, 3.63) is 48.8 Å². The van der Waals surface area contributed by atoms with Crippen molar-refractivity contribution in [1.29, 1.82) is 0 Å². The second-order valence-corrected chi connectivity index (χ2v) is 7.33. The van der Waals surface area contributed by atoms with Crippen molar-refractivity contribution in [1.82, 2.24) is 20.0 Å². The first-order chi connectivity index (χ1) is 14.8. The van der Waals surface area contributed by atoms with Crippen molar-refractivity contribution in [2.75, 3.05) is 36.5 Å². The highest BCUT2D eigenvalue weighted by atomic mass is 16.6. The van der Waals surface area contributed by atoms with Crippen LogP contribution in [0.5, 0.6) is 11.5 Å². The lowest BCUT2D eigenvalue weighted by atomic mass is 9.97. The number of hydrogen-bond donors (Lipinski definition) is 1. The van der Waals surface area contributed by atoms with Gasteiger partial charge in [0.05, 0.1) is 5.92 Å². The molecule has 0 aliphatic carbocycles. The lowest BCUT2D eigenvalue weighted by Crippen LogP contribution is -2.41. The molecule has 0 saturated carbocycles. The molecule has 0 bridgehead atoms. The number of benzene rings is 1. The Bertz CT molecular complexity index is 1020. The molecule has 2 aliphatic heterocycles. The molecule has 0 radical (unpaired) electrons. The van der Waals surface area contributed by atoms with E-state index >= 15 is 0 Å². The summed E-state index contributed by atoms with van der Waals surface area (Å²) in [4.78, 5) is 15.0. The quantitative estimate of drug-likeness (QED) is 0.710. The van der Waals surface area contributed by atoms with E-state index in [-0.39, 0.29) is 11.8 Å². The van der Waals surface area contributed by atoms with Gasteiger partial charge in [-0.3, -0.25) is 4.79 Å². The summed E-state index contributed by atoms with van der Waals surface area (Å²) in [6.45, 7) is 2.51. The van der Waals surface area contributed by atoms with Crippen molar-refractivity contribution in [3.63, 3.8) is 0 Å². The maximum absolute atomic E-state index is 12.9. The first kappa shape index (κ1) is 18.4. The van der Waals surface area contributed by atoms with Crippen LogP contribution in [0.2, 0.25) is 0 Å². The summed E-state index contributed by atoms with van der Waals surface area (Å²) in [7, 11) is 0. The molecule has 3 aromatic rings. The van der Waals surface area contributed by atoms with E-state index < -0.39 is 0 Å². The van der Waals surface area contributed by atoms with Gasteiger partial charge in [0.2, 0.25) is 5.91 Å². The van der Waals surface area contributed by atoms with E-state index in [1.165, 1.54) is 0 Å². The largest absolute Gasteiger partial charge is 0.486 e. The third kappa shape index (κ3) is 3.78. The van der Waals surface area contributed by atoms with Gasteiger partial charge in [-0.05, 0) is 43.2 Å². The van der Waals surface area contributed by atoms with E-state index in [0.717, 1.165) is 25.2 Å². The lowest BCUT2D eigenvalue weighted by Gasteiger charge is -2.32. The van der Waals surface area contributed by atoms with Crippen LogP contribution in [0.25, 0.3) is 5.82 Å². The second-order valence-electron chi connectivity index (χ2n) is 7.33. The topological polar surface area (TPSA) is 94.4 Å². The van der Waals surface area contributed by atoms with Gasteiger partial charge >= 0.3 is 0 Å². The zero-order chi connectivity index (χ0) is 20.3. The average molecular weight is 406 g/mol. The third-order valence-electron chi connectivity index (χ3n) is 5.30. The Labute approximate surface area is 173 Å². The van der Waals surface area contributed by atoms with Gasteiger partial charge in [-0.15, -0.1) is 10.2 Å². The smallest absolute Gasteiger partial charge is 0.229 e. The van der Waals surface area contributed by atoms with Crippen LogP contribution in [0, 0.1) is 5.92 Å². The summed E-state index contributed by atoms with van der Waals surface area (Å²) in [5.41, 5.74) is 0.713. The molecule has 5 rings (SSSR count). The summed E-state index contributed by atoms with van der Waals surface area (Å²) in [5, 5.41) is 15.8. The standard InChI is InChI=1S/C21H22N6O3/c28-21(23-16-4-5-17-18(13-16)30-12-11-29-17)15-3-1-9-26(14-15)19-6-7-20(25-24-19)27-10-2-8-22-27/h2,4-8,10,13,15H,1,3,9,11-12,14H2,(H,23,28). The van der Waals surface area contributed by atoms with E-state index in [4.69, 9.17) is 9.47 Å². The predicted octanol–water partition coefficient (Wildman–Crippen LogP) is 2.29. The van der Waals surface area contributed by atoms with Crippen LogP contribution in [0.4, 0.5) is 11.5 Å². The number of aromatic nitrogens is 4. The van der Waals surface area contributed by atoms with Gasteiger partial charge in [-0.1, -0.05) is 0 Å². The number of rotatable bonds is 4. The van der Waals surface area contributed by atoms with E-state index in [9.17, 15) is 4.79 Å². The molecule has 4 heterocycles. The van der Waals surface area contributed by atoms with Gasteiger partial charge in [0.25, 0.3) is 0 Å². The van der Waals surface area contributed by atoms with Crippen molar-refractivity contribution in [2.24, 2.45) is 5.92 Å². The Balaban J connectivity index is 1.24. The lowest BCUT2D eigenvalue weighted by molar-refractivity contribution is -0.120. The highest BCUT2D eigenvalue weighted by molar-refractivity contribution is 5.93. The minimum atomic E-state index is -0.125. The van der Waals surface area contributed by atoms with Gasteiger partial charge in [0, 0.05) is 37.2 Å². The third-order valence-corrected chi connectivity index (χ3v) is 5.30. The van der Waals surface area contributed by atoms with Crippen LogP contribution in [-0.2, 0) is 4.79 Å². The Kier molecular flexibility index (Phi) is 4.92. The zero-order valence-corrected chi connectivity index (χ0v) is 16.4. The SMILES string of the molecule is O=C(Nc1ccc2c(c1)OCCO2)C1CCCN(c2ccc(-n3cccn3)nn2)C1. The van der Waals surface area contributed by atoms with Crippen molar-refractivity contribution < 1.29 is 14.3 Å². The van der Waals surface area contributed by atoms with Crippen molar-refractivity contribution >= 4 is 17.4 Å². The summed E-state index contributed by atoms with van der Waals surface area (Å²) in [5.74, 6) is 2.67. The normalized spacial score (nSPS) is 18.1. The molecular formula is C21H22N6O3. The number of hydrogen-bond acceptors (Lipinski definition) is 7. The van der Waals surface area contributed by atoms with E-state index in [1.54, 1.807) is 10.9 Å². The second kappa shape index (κ2) is 8.02. The Morgan fingerprint density at radius 3 is 2.70 bits per heavy atom. The first-order valence-electron chi connectivity index (χ1n) is 10.1. The number of anilines is 2. The van der Waals surface area contributed by atoms with Crippen molar-refractivity contribution in [3.8, 4) is 17.3 Å². The molecule has 0 spiro atoms. The fourth-order valence-corrected chi connectivity index (χ4v) is 3.78. The molecule has 2 aromatic heterocycles. The summed E-state index contributed by atoms with van der Waals surface area (Å²) < 4.78 is 12.8. The molecule has 1 atom stereocenters. The highest BCUT2D eigenvalue weighted by Gasteiger charge is 2.27. The van der Waals surface area contributed by atoms with Gasteiger partial charge in [0.1, 0.15) is 13.2 Å². The number of amides is 1. The number of nitrogens with one attached hydrogen (secondary N) is 1. The number of nitrogens with zero attached hydrogens (tertiary/aromatic N) is 5. The first-order valence-corrected chi connectivity index (χ1v) is 10.1. The molecular weight excluding hydrogens is 384 g/mol. The molecule has 1 N–H and O–H groups in total. The van der Waals surface area contributed by atoms with Crippen LogP contribution in [0.15, 0.2) is 48.8 Å². The molecule has 1 amide bonds. The van der Waals surface area contributed by atoms with Crippen LogP contribution >= 0.6 is 0 Å². The number of ether oxygens (including phenoxy) is 2. The van der Waals surface area contributed by atoms with Crippen LogP contribution < -0.4 is 19.7 Å². The average Bonchev–Trinajstić information content (AvgIpc) is 3.34. The summed E-state index contributed by atoms with van der Waals surface area (Å²) >= 11 is 0. The van der Waals surface area contributed by atoms with Crippen LogP contribution in [0.3, 0.4) is 0 Å². The van der Waals surface area contributed by atoms with Crippen LogP contribution in [-0.4, -0.2) is 52.2 Å². The van der Waals surface area contributed by atoms with Gasteiger partial charge in [-0.2, -0.15) is 5.10 Å². The summed E-state index contributed by atoms with van der Waals surface area (Å²) in [6.07, 6.45) is 5.28. The highest BCUT2D eigenvalue weighted by Crippen LogP contribution is 2.33. The van der Waals surface area contributed by atoms with E-state index in [0.29, 0.717) is 42.8 Å². The molecule has 1 aromatic carbocycles. The molecule has 9 heteroatoms. The fourth-order valence-electron chi connectivity index (χ4n) is 3.78. The van der Waals surface area contributed by atoms with E-state index in [2.05, 4.69) is 25.5 Å².